The first-order chi connectivity index (χ1) is 13.5. The Morgan fingerprint density at radius 1 is 1.36 bits per heavy atom. The number of carboxylic acids is 1. The van der Waals surface area contributed by atoms with E-state index in [4.69, 9.17) is 9.15 Å². The first-order valence-electron chi connectivity index (χ1n) is 8.78. The van der Waals surface area contributed by atoms with Gasteiger partial charge in [0.2, 0.25) is 11.8 Å². The quantitative estimate of drug-likeness (QED) is 0.661. The van der Waals surface area contributed by atoms with E-state index >= 15 is 0 Å². The molecule has 28 heavy (non-hydrogen) atoms. The molecule has 3 heterocycles. The zero-order valence-electron chi connectivity index (χ0n) is 15.1. The van der Waals surface area contributed by atoms with E-state index in [9.17, 15) is 14.7 Å². The highest BCUT2D eigenvalue weighted by Crippen LogP contribution is 2.28. The minimum Gasteiger partial charge on any atom is -0.493 e. The van der Waals surface area contributed by atoms with Gasteiger partial charge in [0.1, 0.15) is 11.5 Å². The number of rotatable bonds is 6. The second-order valence-corrected chi connectivity index (χ2v) is 7.30. The average molecular weight is 398 g/mol. The smallest absolute Gasteiger partial charge is 0.330 e. The van der Waals surface area contributed by atoms with Crippen LogP contribution in [0.4, 0.5) is 0 Å². The van der Waals surface area contributed by atoms with Crippen LogP contribution in [-0.4, -0.2) is 28.6 Å². The van der Waals surface area contributed by atoms with Crippen LogP contribution in [0, 0.1) is 6.92 Å². The van der Waals surface area contributed by atoms with Gasteiger partial charge in [-0.15, -0.1) is 0 Å². The van der Waals surface area contributed by atoms with Crippen molar-refractivity contribution in [1.82, 2.24) is 10.3 Å². The summed E-state index contributed by atoms with van der Waals surface area (Å²) in [4.78, 5) is 28.6. The summed E-state index contributed by atoms with van der Waals surface area (Å²) in [6.45, 7) is 2.32. The first-order valence-corrected chi connectivity index (χ1v) is 9.72. The molecule has 0 fully saturated rings. The van der Waals surface area contributed by atoms with Crippen LogP contribution in [0.3, 0.4) is 0 Å². The Bertz CT molecular complexity index is 1030. The summed E-state index contributed by atoms with van der Waals surface area (Å²) in [6, 6.07) is 5.94. The minimum absolute atomic E-state index is 0.0582. The van der Waals surface area contributed by atoms with Gasteiger partial charge >= 0.3 is 5.97 Å². The molecule has 0 bridgehead atoms. The lowest BCUT2D eigenvalue weighted by Gasteiger charge is -2.15. The number of carbonyl (C=O) groups excluding carboxylic acids is 1. The van der Waals surface area contributed by atoms with Gasteiger partial charge in [-0.1, -0.05) is 6.07 Å². The van der Waals surface area contributed by atoms with E-state index in [0.29, 0.717) is 29.5 Å². The van der Waals surface area contributed by atoms with Gasteiger partial charge in [0.15, 0.2) is 6.04 Å². The van der Waals surface area contributed by atoms with Gasteiger partial charge in [-0.05, 0) is 41.6 Å². The molecule has 3 aromatic rings. The molecular weight excluding hydrogens is 380 g/mol. The number of amides is 1. The van der Waals surface area contributed by atoms with Gasteiger partial charge in [0.05, 0.1) is 18.7 Å². The zero-order valence-corrected chi connectivity index (χ0v) is 15.9. The maximum atomic E-state index is 12.5. The maximum Gasteiger partial charge on any atom is 0.330 e. The molecule has 144 valence electrons. The number of hydrogen-bond donors (Lipinski definition) is 2. The van der Waals surface area contributed by atoms with Crippen LogP contribution in [0.15, 0.2) is 39.4 Å². The molecule has 1 aromatic carbocycles. The molecule has 0 spiro atoms. The highest BCUT2D eigenvalue weighted by atomic mass is 32.1. The molecule has 0 aliphatic carbocycles. The highest BCUT2D eigenvalue weighted by Gasteiger charge is 2.25. The molecule has 1 atom stereocenters. The Labute approximate surface area is 165 Å². The van der Waals surface area contributed by atoms with Crippen molar-refractivity contribution in [3.63, 3.8) is 0 Å². The number of hydrogen-bond acceptors (Lipinski definition) is 6. The van der Waals surface area contributed by atoms with Crippen molar-refractivity contribution in [1.29, 1.82) is 0 Å². The van der Waals surface area contributed by atoms with Crippen LogP contribution in [0.2, 0.25) is 0 Å². The predicted octanol–water partition coefficient (Wildman–Crippen LogP) is 3.13. The molecule has 8 heteroatoms. The standard InChI is InChI=1S/C20H18N2O5S/c1-11-15(21-19(27-11)14-5-7-28-10-14)9-17(23)22-18(20(24)25)13-2-3-16-12(8-13)4-6-26-16/h2-3,5,7-8,10,18H,4,6,9H2,1H3,(H,22,23)(H,24,25). The van der Waals surface area contributed by atoms with Crippen molar-refractivity contribution < 1.29 is 23.8 Å². The highest BCUT2D eigenvalue weighted by molar-refractivity contribution is 7.08. The number of aromatic nitrogens is 1. The number of thiophene rings is 1. The lowest BCUT2D eigenvalue weighted by Crippen LogP contribution is -2.35. The number of carbonyl (C=O) groups is 2. The lowest BCUT2D eigenvalue weighted by atomic mass is 10.0. The number of ether oxygens (including phenoxy) is 1. The Morgan fingerprint density at radius 3 is 2.96 bits per heavy atom. The molecular formula is C20H18N2O5S. The molecule has 1 amide bonds. The third-order valence-electron chi connectivity index (χ3n) is 4.59. The average Bonchev–Trinajstić information content (AvgIpc) is 3.40. The van der Waals surface area contributed by atoms with E-state index in [1.54, 1.807) is 25.1 Å². The SMILES string of the molecule is Cc1oc(-c2ccsc2)nc1CC(=O)NC(C(=O)O)c1ccc2c(c1)CCO2. The number of aliphatic carboxylic acids is 1. The zero-order chi connectivity index (χ0) is 19.7. The summed E-state index contributed by atoms with van der Waals surface area (Å²) in [5.74, 6) is 0.201. The fourth-order valence-electron chi connectivity index (χ4n) is 3.14. The van der Waals surface area contributed by atoms with Crippen molar-refractivity contribution in [2.45, 2.75) is 25.8 Å². The van der Waals surface area contributed by atoms with Gasteiger partial charge in [-0.2, -0.15) is 11.3 Å². The van der Waals surface area contributed by atoms with Crippen LogP contribution < -0.4 is 10.1 Å². The number of nitrogens with one attached hydrogen (secondary N) is 1. The number of oxazole rings is 1. The maximum absolute atomic E-state index is 12.5. The Morgan fingerprint density at radius 2 is 2.21 bits per heavy atom. The minimum atomic E-state index is -1.14. The van der Waals surface area contributed by atoms with Crippen molar-refractivity contribution in [3.05, 3.63) is 57.6 Å². The molecule has 2 aromatic heterocycles. The van der Waals surface area contributed by atoms with E-state index in [-0.39, 0.29) is 6.42 Å². The normalized spacial score (nSPS) is 13.6. The van der Waals surface area contributed by atoms with Crippen LogP contribution in [0.1, 0.15) is 28.6 Å². The van der Waals surface area contributed by atoms with Crippen molar-refractivity contribution in [3.8, 4) is 17.2 Å². The molecule has 0 radical (unpaired) electrons. The van der Waals surface area contributed by atoms with Crippen LogP contribution in [0.5, 0.6) is 5.75 Å². The lowest BCUT2D eigenvalue weighted by molar-refractivity contribution is -0.142. The Balaban J connectivity index is 1.49. The monoisotopic (exact) mass is 398 g/mol. The third kappa shape index (κ3) is 3.63. The van der Waals surface area contributed by atoms with Crippen LogP contribution in [-0.2, 0) is 22.4 Å². The van der Waals surface area contributed by atoms with Crippen molar-refractivity contribution in [2.24, 2.45) is 0 Å². The number of nitrogens with zero attached hydrogens (tertiary/aromatic N) is 1. The van der Waals surface area contributed by atoms with Gasteiger partial charge in [0, 0.05) is 17.4 Å². The molecule has 0 saturated carbocycles. The second-order valence-electron chi connectivity index (χ2n) is 6.52. The second kappa shape index (κ2) is 7.47. The van der Waals surface area contributed by atoms with Crippen molar-refractivity contribution >= 4 is 23.2 Å². The van der Waals surface area contributed by atoms with Crippen molar-refractivity contribution in [2.75, 3.05) is 6.61 Å². The van der Waals surface area contributed by atoms with E-state index in [1.807, 2.05) is 16.8 Å². The predicted molar refractivity (Wildman–Crippen MR) is 102 cm³/mol. The molecule has 4 rings (SSSR count). The summed E-state index contributed by atoms with van der Waals surface area (Å²) >= 11 is 1.53. The van der Waals surface area contributed by atoms with Crippen LogP contribution in [0.25, 0.3) is 11.5 Å². The number of fused-ring (bicyclic) bond motifs is 1. The summed E-state index contributed by atoms with van der Waals surface area (Å²) in [6.07, 6.45) is 0.671. The topological polar surface area (TPSA) is 102 Å². The Hall–Kier alpha value is -3.13. The molecule has 7 nitrogen and oxygen atoms in total. The van der Waals surface area contributed by atoms with E-state index in [0.717, 1.165) is 23.3 Å². The first kappa shape index (κ1) is 18.2. The summed E-state index contributed by atoms with van der Waals surface area (Å²) in [7, 11) is 0. The molecule has 1 aliphatic heterocycles. The fourth-order valence-corrected chi connectivity index (χ4v) is 3.77. The van der Waals surface area contributed by atoms with Crippen LogP contribution >= 0.6 is 11.3 Å². The number of carboxylic acid groups (broad SMARTS) is 1. The summed E-state index contributed by atoms with van der Waals surface area (Å²) < 4.78 is 11.1. The number of aryl methyl sites for hydroxylation is 1. The molecule has 1 aliphatic rings. The fraction of sp³-hybridized carbons (Fsp3) is 0.250. The van der Waals surface area contributed by atoms with E-state index < -0.39 is 17.9 Å². The van der Waals surface area contributed by atoms with E-state index in [1.165, 1.54) is 11.3 Å². The van der Waals surface area contributed by atoms with E-state index in [2.05, 4.69) is 10.3 Å². The summed E-state index contributed by atoms with van der Waals surface area (Å²) in [5, 5.41) is 16.0. The van der Waals surface area contributed by atoms with Gasteiger partial charge < -0.3 is 19.6 Å². The summed E-state index contributed by atoms with van der Waals surface area (Å²) in [5.41, 5.74) is 2.81. The largest absolute Gasteiger partial charge is 0.493 e. The number of benzene rings is 1. The Kier molecular flexibility index (Phi) is 4.87. The van der Waals surface area contributed by atoms with Gasteiger partial charge in [-0.3, -0.25) is 4.79 Å². The molecule has 2 N–H and O–H groups in total. The third-order valence-corrected chi connectivity index (χ3v) is 5.27. The molecule has 1 unspecified atom stereocenters. The van der Waals surface area contributed by atoms with Gasteiger partial charge in [-0.25, -0.2) is 9.78 Å². The molecule has 0 saturated heterocycles. The van der Waals surface area contributed by atoms with Gasteiger partial charge in [0.25, 0.3) is 0 Å².